The molecule has 0 aliphatic carbocycles. The molecule has 2 aliphatic heterocycles. The number of pyridine rings is 1. The first-order valence-electron chi connectivity index (χ1n) is 9.73. The topological polar surface area (TPSA) is 46.3 Å². The highest BCUT2D eigenvalue weighted by atomic mass is 32.2. The number of aromatic nitrogens is 3. The van der Waals surface area contributed by atoms with Crippen molar-refractivity contribution in [2.45, 2.75) is 24.3 Å². The summed E-state index contributed by atoms with van der Waals surface area (Å²) in [6.45, 7) is 3.27. The summed E-state index contributed by atoms with van der Waals surface area (Å²) in [6.07, 6.45) is 3.98. The molecule has 0 saturated carbocycles. The number of fused-ring (bicyclic) bond motifs is 2. The van der Waals surface area contributed by atoms with Crippen LogP contribution in [0.2, 0.25) is 0 Å². The number of aliphatic imine (C=N–C) groups is 1. The summed E-state index contributed by atoms with van der Waals surface area (Å²) in [5.74, 6) is 0. The molecular weight excluding hydrogens is 398 g/mol. The summed E-state index contributed by atoms with van der Waals surface area (Å²) in [4.78, 5) is 17.1. The molecule has 0 unspecified atom stereocenters. The maximum Gasteiger partial charge on any atom is 0.194 e. The Morgan fingerprint density at radius 3 is 2.79 bits per heavy atom. The molecule has 29 heavy (non-hydrogen) atoms. The van der Waals surface area contributed by atoms with Gasteiger partial charge in [0.05, 0.1) is 27.6 Å². The van der Waals surface area contributed by atoms with Gasteiger partial charge in [0, 0.05) is 24.2 Å². The van der Waals surface area contributed by atoms with E-state index in [9.17, 15) is 0 Å². The van der Waals surface area contributed by atoms with Gasteiger partial charge in [-0.05, 0) is 36.4 Å². The van der Waals surface area contributed by atoms with E-state index < -0.39 is 0 Å². The van der Waals surface area contributed by atoms with Crippen LogP contribution >= 0.6 is 23.1 Å². The highest BCUT2D eigenvalue weighted by Crippen LogP contribution is 2.48. The van der Waals surface area contributed by atoms with Crippen molar-refractivity contribution in [3.05, 3.63) is 78.4 Å². The number of hydrogen-bond donors (Lipinski definition) is 0. The van der Waals surface area contributed by atoms with Crippen LogP contribution in [0.4, 0.5) is 0 Å². The van der Waals surface area contributed by atoms with Crippen molar-refractivity contribution >= 4 is 38.5 Å². The van der Waals surface area contributed by atoms with E-state index in [-0.39, 0.29) is 12.1 Å². The number of hydrogen-bond acceptors (Lipinski definition) is 6. The van der Waals surface area contributed by atoms with Crippen LogP contribution in [0.3, 0.4) is 0 Å². The Labute approximate surface area is 177 Å². The van der Waals surface area contributed by atoms with Crippen molar-refractivity contribution in [2.75, 3.05) is 6.54 Å². The third kappa shape index (κ3) is 2.80. The maximum absolute atomic E-state index is 5.10. The van der Waals surface area contributed by atoms with Crippen LogP contribution in [-0.2, 0) is 0 Å². The molecule has 3 aromatic heterocycles. The number of benzene rings is 1. The largest absolute Gasteiger partial charge is 0.339 e. The van der Waals surface area contributed by atoms with Crippen LogP contribution < -0.4 is 0 Å². The van der Waals surface area contributed by atoms with Gasteiger partial charge in [-0.1, -0.05) is 48.2 Å². The summed E-state index contributed by atoms with van der Waals surface area (Å²) in [7, 11) is 0. The lowest BCUT2D eigenvalue weighted by Crippen LogP contribution is -2.30. The molecule has 0 N–H and O–H groups in total. The summed E-state index contributed by atoms with van der Waals surface area (Å²) in [6, 6.07) is 18.8. The van der Waals surface area contributed by atoms with Crippen molar-refractivity contribution in [3.8, 4) is 5.13 Å². The molecule has 3 atom stereocenters. The van der Waals surface area contributed by atoms with Crippen molar-refractivity contribution in [1.82, 2.24) is 19.4 Å². The van der Waals surface area contributed by atoms with E-state index in [2.05, 4.69) is 64.0 Å². The van der Waals surface area contributed by atoms with Crippen LogP contribution in [0.5, 0.6) is 0 Å². The number of thiazole rings is 1. The molecular formula is C22H19N5S2. The number of rotatable bonds is 3. The molecule has 1 fully saturated rings. The monoisotopic (exact) mass is 417 g/mol. The lowest BCUT2D eigenvalue weighted by atomic mass is 10.0. The molecule has 144 valence electrons. The van der Waals surface area contributed by atoms with Gasteiger partial charge < -0.3 is 4.90 Å². The van der Waals surface area contributed by atoms with Gasteiger partial charge in [0.1, 0.15) is 6.04 Å². The predicted molar refractivity (Wildman–Crippen MR) is 120 cm³/mol. The van der Waals surface area contributed by atoms with Gasteiger partial charge in [-0.2, -0.15) is 0 Å². The number of para-hydroxylation sites is 1. The molecule has 0 spiro atoms. The Morgan fingerprint density at radius 2 is 1.93 bits per heavy atom. The van der Waals surface area contributed by atoms with Crippen LogP contribution in [0, 0.1) is 0 Å². The van der Waals surface area contributed by atoms with E-state index in [1.54, 1.807) is 11.3 Å². The maximum atomic E-state index is 5.10. The third-order valence-corrected chi connectivity index (χ3v) is 7.59. The fraction of sp³-hybridized carbons (Fsp3) is 0.227. The lowest BCUT2D eigenvalue weighted by Gasteiger charge is -2.27. The minimum atomic E-state index is -0.00534. The Kier molecular flexibility index (Phi) is 3.99. The Bertz CT molecular complexity index is 1180. The van der Waals surface area contributed by atoms with E-state index >= 15 is 0 Å². The number of amidine groups is 1. The fourth-order valence-electron chi connectivity index (χ4n) is 4.21. The second kappa shape index (κ2) is 6.71. The molecule has 2 aliphatic rings. The molecule has 0 bridgehead atoms. The Hall–Kier alpha value is -2.64. The van der Waals surface area contributed by atoms with Crippen LogP contribution in [0.15, 0.2) is 72.0 Å². The fourth-order valence-corrected chi connectivity index (χ4v) is 6.27. The molecule has 6 rings (SSSR count). The quantitative estimate of drug-likeness (QED) is 0.467. The van der Waals surface area contributed by atoms with E-state index in [0.717, 1.165) is 28.1 Å². The Morgan fingerprint density at radius 1 is 1.03 bits per heavy atom. The van der Waals surface area contributed by atoms with E-state index in [1.807, 2.05) is 36.2 Å². The number of thioether (sulfide) groups is 1. The normalized spacial score (nSPS) is 23.6. The van der Waals surface area contributed by atoms with E-state index in [4.69, 9.17) is 9.98 Å². The molecule has 4 aromatic rings. The highest BCUT2D eigenvalue weighted by molar-refractivity contribution is 8.14. The zero-order valence-corrected chi connectivity index (χ0v) is 17.5. The molecule has 1 aromatic carbocycles. The van der Waals surface area contributed by atoms with Gasteiger partial charge >= 0.3 is 0 Å². The van der Waals surface area contributed by atoms with Gasteiger partial charge in [-0.15, -0.1) is 0 Å². The first-order valence-corrected chi connectivity index (χ1v) is 11.4. The van der Waals surface area contributed by atoms with Crippen molar-refractivity contribution in [3.63, 3.8) is 0 Å². The lowest BCUT2D eigenvalue weighted by molar-refractivity contribution is 0.312. The van der Waals surface area contributed by atoms with E-state index in [1.165, 1.54) is 10.4 Å². The van der Waals surface area contributed by atoms with Gasteiger partial charge in [-0.25, -0.2) is 4.98 Å². The highest BCUT2D eigenvalue weighted by Gasteiger charge is 2.44. The number of nitrogens with zero attached hydrogens (tertiary/aromatic N) is 5. The van der Waals surface area contributed by atoms with E-state index in [0.29, 0.717) is 5.25 Å². The van der Waals surface area contributed by atoms with Gasteiger partial charge in [0.25, 0.3) is 0 Å². The van der Waals surface area contributed by atoms with Gasteiger partial charge in [0.15, 0.2) is 10.3 Å². The van der Waals surface area contributed by atoms with Crippen molar-refractivity contribution in [2.24, 2.45) is 4.99 Å². The molecule has 0 radical (unpaired) electrons. The standard InChI is InChI=1S/C22H19N5S2/c1-14-13-27-20(19(25-22(27)28-14)16-8-4-5-11-23-16)17-9-6-12-26(17)21-24-15-7-2-3-10-18(15)29-21/h2-12,14,19-20H,13H2,1H3/t14-,19+,20-/m0/s1. The first kappa shape index (κ1) is 17.2. The average Bonchev–Trinajstić information content (AvgIpc) is 3.49. The molecule has 5 nitrogen and oxygen atoms in total. The first-order chi connectivity index (χ1) is 14.3. The Balaban J connectivity index is 1.47. The smallest absolute Gasteiger partial charge is 0.194 e. The molecule has 7 heteroatoms. The SMILES string of the molecule is C[C@H]1CN2C(=N[C@H](c3ccccn3)[C@@H]2c2cccn2-c2nc3ccccc3s2)S1. The molecule has 5 heterocycles. The third-order valence-electron chi connectivity index (χ3n) is 5.45. The summed E-state index contributed by atoms with van der Waals surface area (Å²) in [5.41, 5.74) is 3.28. The summed E-state index contributed by atoms with van der Waals surface area (Å²) >= 11 is 3.59. The second-order valence-corrected chi connectivity index (χ2v) is 9.82. The van der Waals surface area contributed by atoms with Crippen LogP contribution in [0.25, 0.3) is 15.3 Å². The zero-order valence-electron chi connectivity index (χ0n) is 15.8. The summed E-state index contributed by atoms with van der Waals surface area (Å²) < 4.78 is 3.44. The minimum absolute atomic E-state index is 0.00534. The van der Waals surface area contributed by atoms with Crippen molar-refractivity contribution in [1.29, 1.82) is 0 Å². The molecule has 1 saturated heterocycles. The van der Waals surface area contributed by atoms with Crippen LogP contribution in [0.1, 0.15) is 30.4 Å². The second-order valence-electron chi connectivity index (χ2n) is 7.40. The molecule has 0 amide bonds. The minimum Gasteiger partial charge on any atom is -0.339 e. The van der Waals surface area contributed by atoms with Gasteiger partial charge in [0.2, 0.25) is 0 Å². The zero-order chi connectivity index (χ0) is 19.4. The van der Waals surface area contributed by atoms with Gasteiger partial charge in [-0.3, -0.25) is 14.5 Å². The average molecular weight is 418 g/mol. The summed E-state index contributed by atoms with van der Waals surface area (Å²) in [5, 5.41) is 2.68. The predicted octanol–water partition coefficient (Wildman–Crippen LogP) is 5.07. The van der Waals surface area contributed by atoms with Crippen LogP contribution in [-0.4, -0.2) is 36.4 Å². The van der Waals surface area contributed by atoms with Crippen molar-refractivity contribution < 1.29 is 0 Å².